The summed E-state index contributed by atoms with van der Waals surface area (Å²) in [5, 5.41) is 0. The van der Waals surface area contributed by atoms with E-state index in [2.05, 4.69) is 17.1 Å². The number of fused-ring (bicyclic) bond motifs is 5. The average molecular weight is 364 g/mol. The first kappa shape index (κ1) is 16.4. The summed E-state index contributed by atoms with van der Waals surface area (Å²) >= 11 is 0. The molecular weight excluding hydrogens is 342 g/mol. The first-order valence-electron chi connectivity index (χ1n) is 9.17. The minimum absolute atomic E-state index is 0.361. The number of aromatic nitrogens is 3. The van der Waals surface area contributed by atoms with Crippen LogP contribution in [-0.2, 0) is 10.3 Å². The summed E-state index contributed by atoms with van der Waals surface area (Å²) in [6.07, 6.45) is 10.6. The zero-order chi connectivity index (χ0) is 18.5. The van der Waals surface area contributed by atoms with Gasteiger partial charge in [0.2, 0.25) is 11.6 Å². The molecular formula is C20H22N5O2+. The zero-order valence-electron chi connectivity index (χ0n) is 15.3. The van der Waals surface area contributed by atoms with Crippen molar-refractivity contribution in [3.05, 3.63) is 54.3 Å². The summed E-state index contributed by atoms with van der Waals surface area (Å²) in [4.78, 5) is 14.1. The number of allylic oxidation sites excluding steroid dienone is 1. The maximum absolute atomic E-state index is 6.04. The van der Waals surface area contributed by atoms with Gasteiger partial charge in [0, 0.05) is 30.1 Å². The van der Waals surface area contributed by atoms with E-state index in [1.165, 1.54) is 0 Å². The van der Waals surface area contributed by atoms with E-state index in [1.54, 1.807) is 19.5 Å². The summed E-state index contributed by atoms with van der Waals surface area (Å²) in [6.45, 7) is 3.02. The first-order valence-corrected chi connectivity index (χ1v) is 9.17. The summed E-state index contributed by atoms with van der Waals surface area (Å²) in [5.74, 6) is 2.50. The van der Waals surface area contributed by atoms with Crippen molar-refractivity contribution >= 4 is 5.82 Å². The minimum atomic E-state index is -0.361. The number of quaternary nitrogens is 1. The molecule has 7 heteroatoms. The molecule has 2 aromatic heterocycles. The van der Waals surface area contributed by atoms with Crippen molar-refractivity contribution < 1.29 is 9.47 Å². The van der Waals surface area contributed by atoms with Crippen LogP contribution in [0, 0.1) is 0 Å². The Morgan fingerprint density at radius 1 is 1.19 bits per heavy atom. The second kappa shape index (κ2) is 5.87. The molecule has 5 rings (SSSR count). The van der Waals surface area contributed by atoms with Crippen LogP contribution in [0.2, 0.25) is 0 Å². The van der Waals surface area contributed by atoms with E-state index >= 15 is 0 Å². The molecule has 2 aliphatic heterocycles. The van der Waals surface area contributed by atoms with Gasteiger partial charge in [-0.2, -0.15) is 4.98 Å². The minimum Gasteiger partial charge on any atom is -0.488 e. The van der Waals surface area contributed by atoms with Crippen molar-refractivity contribution in [1.29, 1.82) is 0 Å². The molecule has 2 bridgehead atoms. The number of morpholine rings is 1. The van der Waals surface area contributed by atoms with Crippen LogP contribution >= 0.6 is 0 Å². The predicted molar refractivity (Wildman–Crippen MR) is 102 cm³/mol. The van der Waals surface area contributed by atoms with Gasteiger partial charge >= 0.3 is 0 Å². The van der Waals surface area contributed by atoms with Crippen LogP contribution in [0.25, 0.3) is 11.3 Å². The molecule has 0 amide bonds. The molecule has 1 atom stereocenters. The zero-order valence-corrected chi connectivity index (χ0v) is 15.3. The molecule has 27 heavy (non-hydrogen) atoms. The summed E-state index contributed by atoms with van der Waals surface area (Å²) in [6, 6.07) is 3.91. The monoisotopic (exact) mass is 364 g/mol. The van der Waals surface area contributed by atoms with E-state index in [-0.39, 0.29) is 5.54 Å². The smallest absolute Gasteiger partial charge is 0.276 e. The van der Waals surface area contributed by atoms with Crippen LogP contribution in [0.15, 0.2) is 48.5 Å². The molecule has 1 unspecified atom stereocenters. The third kappa shape index (κ3) is 2.12. The van der Waals surface area contributed by atoms with Crippen LogP contribution in [-0.4, -0.2) is 48.4 Å². The molecule has 3 aliphatic rings. The quantitative estimate of drug-likeness (QED) is 0.820. The molecule has 0 saturated carbocycles. The van der Waals surface area contributed by atoms with Gasteiger partial charge < -0.3 is 15.2 Å². The predicted octanol–water partition coefficient (Wildman–Crippen LogP) is 1.90. The maximum atomic E-state index is 6.04. The van der Waals surface area contributed by atoms with E-state index in [0.29, 0.717) is 17.7 Å². The number of nitrogens with two attached hydrogens (primary N) is 1. The molecule has 0 aromatic carbocycles. The molecule has 2 spiro atoms. The van der Waals surface area contributed by atoms with Crippen LogP contribution in [0.1, 0.15) is 12.2 Å². The summed E-state index contributed by atoms with van der Waals surface area (Å²) in [5.41, 5.74) is 8.25. The lowest BCUT2D eigenvalue weighted by atomic mass is 9.85. The van der Waals surface area contributed by atoms with Gasteiger partial charge in [-0.3, -0.25) is 9.47 Å². The SMILES string of the molecule is COc1c(-c2ccncc2)nc2nc1[N+]1(CCOCC1)C21C=CC(N)=CC1. The Bertz CT molecular complexity index is 950. The molecule has 1 saturated heterocycles. The third-order valence-electron chi connectivity index (χ3n) is 6.00. The normalized spacial score (nSPS) is 25.0. The molecule has 2 aromatic rings. The fourth-order valence-corrected chi connectivity index (χ4v) is 4.59. The van der Waals surface area contributed by atoms with Crippen LogP contribution in [0.4, 0.5) is 5.82 Å². The van der Waals surface area contributed by atoms with Crippen molar-refractivity contribution in [2.45, 2.75) is 12.0 Å². The lowest BCUT2D eigenvalue weighted by molar-refractivity contribution is 0.000773. The highest BCUT2D eigenvalue weighted by molar-refractivity contribution is 5.75. The number of ether oxygens (including phenoxy) is 2. The average Bonchev–Trinajstić information content (AvgIpc) is 2.91. The lowest BCUT2D eigenvalue weighted by Gasteiger charge is -2.47. The Morgan fingerprint density at radius 3 is 2.63 bits per heavy atom. The van der Waals surface area contributed by atoms with Gasteiger partial charge in [0.25, 0.3) is 5.82 Å². The number of pyridine rings is 1. The van der Waals surface area contributed by atoms with Gasteiger partial charge in [0.05, 0.1) is 20.3 Å². The highest BCUT2D eigenvalue weighted by Crippen LogP contribution is 2.55. The standard InChI is InChI=1S/C20H22N5O2/c1-26-17-16(14-4-8-22-9-5-14)23-19-20(6-2-15(21)3-7-20)25(18(17)24-19)10-12-27-13-11-25/h2-6,8-9H,7,10-13,21H2,1H3/q+1. The van der Waals surface area contributed by atoms with Gasteiger partial charge in [-0.1, -0.05) is 6.08 Å². The molecule has 2 N–H and O–H groups in total. The van der Waals surface area contributed by atoms with E-state index < -0.39 is 0 Å². The molecule has 138 valence electrons. The largest absolute Gasteiger partial charge is 0.488 e. The Labute approximate surface area is 157 Å². The molecule has 4 heterocycles. The number of methoxy groups -OCH3 is 1. The number of rotatable bonds is 2. The Morgan fingerprint density at radius 2 is 1.96 bits per heavy atom. The highest BCUT2D eigenvalue weighted by atomic mass is 16.5. The third-order valence-corrected chi connectivity index (χ3v) is 6.00. The fourth-order valence-electron chi connectivity index (χ4n) is 4.59. The summed E-state index contributed by atoms with van der Waals surface area (Å²) in [7, 11) is 1.69. The van der Waals surface area contributed by atoms with E-state index in [1.807, 2.05) is 18.2 Å². The van der Waals surface area contributed by atoms with Crippen LogP contribution < -0.4 is 15.0 Å². The van der Waals surface area contributed by atoms with Gasteiger partial charge in [0.15, 0.2) is 5.54 Å². The Kier molecular flexibility index (Phi) is 3.57. The Balaban J connectivity index is 1.77. The Hall–Kier alpha value is -2.77. The lowest BCUT2D eigenvalue weighted by Crippen LogP contribution is -2.65. The van der Waals surface area contributed by atoms with Crippen LogP contribution in [0.5, 0.6) is 5.75 Å². The highest BCUT2D eigenvalue weighted by Gasteiger charge is 2.62. The van der Waals surface area contributed by atoms with Crippen molar-refractivity contribution in [2.75, 3.05) is 33.4 Å². The van der Waals surface area contributed by atoms with Gasteiger partial charge in [0.1, 0.15) is 18.8 Å². The molecule has 1 aliphatic carbocycles. The number of nitrogens with zero attached hydrogens (tertiary/aromatic N) is 4. The van der Waals surface area contributed by atoms with Crippen molar-refractivity contribution in [3.63, 3.8) is 0 Å². The van der Waals surface area contributed by atoms with E-state index in [9.17, 15) is 0 Å². The van der Waals surface area contributed by atoms with Crippen molar-refractivity contribution in [2.24, 2.45) is 5.73 Å². The van der Waals surface area contributed by atoms with E-state index in [0.717, 1.165) is 53.9 Å². The molecule has 0 radical (unpaired) electrons. The molecule has 7 nitrogen and oxygen atoms in total. The van der Waals surface area contributed by atoms with Gasteiger partial charge in [-0.15, -0.1) is 0 Å². The van der Waals surface area contributed by atoms with Crippen molar-refractivity contribution in [1.82, 2.24) is 19.4 Å². The van der Waals surface area contributed by atoms with Crippen LogP contribution in [0.3, 0.4) is 0 Å². The second-order valence-corrected chi connectivity index (χ2v) is 7.18. The maximum Gasteiger partial charge on any atom is 0.276 e. The fraction of sp³-hybridized carbons (Fsp3) is 0.350. The molecule has 1 fully saturated rings. The topological polar surface area (TPSA) is 83.2 Å². The number of hydrogen-bond acceptors (Lipinski definition) is 6. The van der Waals surface area contributed by atoms with E-state index in [4.69, 9.17) is 25.2 Å². The second-order valence-electron chi connectivity index (χ2n) is 7.18. The van der Waals surface area contributed by atoms with Gasteiger partial charge in [-0.25, -0.2) is 4.98 Å². The first-order chi connectivity index (χ1) is 13.2. The van der Waals surface area contributed by atoms with Crippen molar-refractivity contribution in [3.8, 4) is 17.0 Å². The number of hydrogen-bond donors (Lipinski definition) is 1. The summed E-state index contributed by atoms with van der Waals surface area (Å²) < 4.78 is 12.2. The van der Waals surface area contributed by atoms with Gasteiger partial charge in [-0.05, 0) is 24.3 Å².